The molecule has 0 aromatic heterocycles. The first-order valence-electron chi connectivity index (χ1n) is 4.34. The number of allylic oxidation sites excluding steroid dienone is 2. The van der Waals surface area contributed by atoms with Crippen LogP contribution in [-0.2, 0) is 9.47 Å². The van der Waals surface area contributed by atoms with Crippen molar-refractivity contribution in [2.45, 2.75) is 13.0 Å². The van der Waals surface area contributed by atoms with E-state index >= 15 is 0 Å². The monoisotopic (exact) mass is 387 g/mol. The van der Waals surface area contributed by atoms with Crippen LogP contribution in [-0.4, -0.2) is 25.1 Å². The Morgan fingerprint density at radius 3 is 2.87 bits per heavy atom. The van der Waals surface area contributed by atoms with Gasteiger partial charge in [0.1, 0.15) is 0 Å². The van der Waals surface area contributed by atoms with Gasteiger partial charge in [0.15, 0.2) is 0 Å². The first-order valence-corrected chi connectivity index (χ1v) is 7.63. The van der Waals surface area contributed by atoms with Crippen molar-refractivity contribution in [3.63, 3.8) is 0 Å². The maximum absolute atomic E-state index is 9.62. The van der Waals surface area contributed by atoms with Gasteiger partial charge >= 0.3 is 109 Å². The van der Waals surface area contributed by atoms with Gasteiger partial charge in [0.2, 0.25) is 0 Å². The average Bonchev–Trinajstić information content (AvgIpc) is 2.37. The molecule has 5 heteroatoms. The summed E-state index contributed by atoms with van der Waals surface area (Å²) < 4.78 is 15.4. The zero-order valence-corrected chi connectivity index (χ0v) is 12.3. The molecule has 1 atom stereocenters. The van der Waals surface area contributed by atoms with Gasteiger partial charge in [-0.05, 0) is 0 Å². The summed E-state index contributed by atoms with van der Waals surface area (Å²) in [6, 6.07) is 0. The number of halogens is 2. The van der Waals surface area contributed by atoms with Crippen LogP contribution in [0.1, 0.15) is 6.92 Å². The molecule has 3 nitrogen and oxygen atoms in total. The molecule has 1 rings (SSSR count). The van der Waals surface area contributed by atoms with E-state index < -0.39 is 6.10 Å². The third kappa shape index (κ3) is 4.26. The van der Waals surface area contributed by atoms with Gasteiger partial charge in [0.05, 0.1) is 0 Å². The van der Waals surface area contributed by atoms with Crippen LogP contribution < -0.4 is 21.2 Å². The molecule has 0 aromatic rings. The molecule has 0 fully saturated rings. The molecular formula is C10H13BrIO3-. The Kier molecular flexibility index (Phi) is 5.88. The molecule has 0 aliphatic carbocycles. The fraction of sp³-hybridized carbons (Fsp3) is 0.400. The van der Waals surface area contributed by atoms with Crippen LogP contribution in [0.15, 0.2) is 30.1 Å². The molecule has 0 saturated carbocycles. The predicted octanol–water partition coefficient (Wildman–Crippen LogP) is -0.906. The van der Waals surface area contributed by atoms with Gasteiger partial charge in [-0.3, -0.25) is 0 Å². The van der Waals surface area contributed by atoms with Gasteiger partial charge in [0.25, 0.3) is 0 Å². The van der Waals surface area contributed by atoms with Gasteiger partial charge in [-0.1, -0.05) is 0 Å². The van der Waals surface area contributed by atoms with E-state index in [2.05, 4.69) is 20.0 Å². The van der Waals surface area contributed by atoms with E-state index in [4.69, 9.17) is 9.47 Å². The Labute approximate surface area is 108 Å². The van der Waals surface area contributed by atoms with Crippen molar-refractivity contribution in [2.75, 3.05) is 13.9 Å². The molecule has 15 heavy (non-hydrogen) atoms. The van der Waals surface area contributed by atoms with Gasteiger partial charge in [-0.15, -0.1) is 0 Å². The molecule has 0 bridgehead atoms. The Morgan fingerprint density at radius 2 is 2.27 bits per heavy atom. The van der Waals surface area contributed by atoms with Crippen molar-refractivity contribution in [3.05, 3.63) is 30.1 Å². The van der Waals surface area contributed by atoms with Gasteiger partial charge < -0.3 is 0 Å². The molecule has 1 unspecified atom stereocenters. The molecular weight excluding hydrogens is 375 g/mol. The topological polar surface area (TPSA) is 38.7 Å². The number of rotatable bonds is 4. The number of hydrogen-bond acceptors (Lipinski definition) is 3. The van der Waals surface area contributed by atoms with Crippen LogP contribution in [0.3, 0.4) is 0 Å². The zero-order chi connectivity index (χ0) is 11.3. The molecule has 0 aromatic carbocycles. The summed E-state index contributed by atoms with van der Waals surface area (Å²) in [5, 5.41) is 9.62. The summed E-state index contributed by atoms with van der Waals surface area (Å²) in [5.41, 5.74) is 0.785. The second-order valence-electron chi connectivity index (χ2n) is 2.92. The minimum atomic E-state index is -0.545. The van der Waals surface area contributed by atoms with Crippen LogP contribution >= 0.6 is 15.9 Å². The van der Waals surface area contributed by atoms with Crippen molar-refractivity contribution in [3.8, 4) is 0 Å². The van der Waals surface area contributed by atoms with E-state index in [0.717, 1.165) is 15.8 Å². The molecule has 0 radical (unpaired) electrons. The molecule has 0 amide bonds. The van der Waals surface area contributed by atoms with Gasteiger partial charge in [-0.25, -0.2) is 0 Å². The summed E-state index contributed by atoms with van der Waals surface area (Å²) in [7, 11) is 1.58. The number of aliphatic hydroxyl groups excluding tert-OH is 1. The van der Waals surface area contributed by atoms with E-state index in [1.165, 1.54) is 0 Å². The normalized spacial score (nSPS) is 19.1. The summed E-state index contributed by atoms with van der Waals surface area (Å²) in [5.74, 6) is 0.727. The summed E-state index contributed by atoms with van der Waals surface area (Å²) in [6.45, 7) is 1.93. The third-order valence-corrected chi connectivity index (χ3v) is 4.96. The Balaban J connectivity index is 2.84. The van der Waals surface area contributed by atoms with Crippen molar-refractivity contribution in [1.82, 2.24) is 0 Å². The molecule has 1 aliphatic rings. The number of ether oxygens (including phenoxy) is 2. The van der Waals surface area contributed by atoms with E-state index in [0.29, 0.717) is 0 Å². The standard InChI is InChI=1S/C10H13BrIO3/c1-7(13)9-3-8(11)4-12-5-10(9)15-6-14-2/h3-5,7,13H,6H2,1-2H3/q-1. The van der Waals surface area contributed by atoms with Crippen molar-refractivity contribution < 1.29 is 35.8 Å². The van der Waals surface area contributed by atoms with Crippen molar-refractivity contribution >= 4 is 15.9 Å². The van der Waals surface area contributed by atoms with E-state index in [1.807, 2.05) is 10.2 Å². The molecule has 0 saturated heterocycles. The Morgan fingerprint density at radius 1 is 1.53 bits per heavy atom. The Hall–Kier alpha value is 0.150. The van der Waals surface area contributed by atoms with Crippen molar-refractivity contribution in [1.29, 1.82) is 0 Å². The number of hydrogen-bond donors (Lipinski definition) is 1. The average molecular weight is 388 g/mol. The molecule has 86 valence electrons. The van der Waals surface area contributed by atoms with E-state index in [1.54, 1.807) is 14.0 Å². The fourth-order valence-corrected chi connectivity index (χ4v) is 3.51. The number of methoxy groups -OCH3 is 1. The van der Waals surface area contributed by atoms with Crippen LogP contribution in [0, 0.1) is 0 Å². The van der Waals surface area contributed by atoms with Gasteiger partial charge in [0, 0.05) is 0 Å². The first kappa shape index (κ1) is 13.2. The van der Waals surface area contributed by atoms with Crippen LogP contribution in [0.4, 0.5) is 0 Å². The quantitative estimate of drug-likeness (QED) is 0.501. The zero-order valence-electron chi connectivity index (χ0n) is 8.54. The predicted molar refractivity (Wildman–Crippen MR) is 57.8 cm³/mol. The summed E-state index contributed by atoms with van der Waals surface area (Å²) in [6.07, 6.45) is 1.34. The fourth-order valence-electron chi connectivity index (χ4n) is 1.03. The first-order chi connectivity index (χ1) is 7.15. The van der Waals surface area contributed by atoms with Crippen LogP contribution in [0.2, 0.25) is 0 Å². The molecule has 1 N–H and O–H groups in total. The summed E-state index contributed by atoms with van der Waals surface area (Å²) >= 11 is 3.25. The third-order valence-electron chi connectivity index (χ3n) is 1.69. The second-order valence-corrected chi connectivity index (χ2v) is 5.80. The van der Waals surface area contributed by atoms with Crippen molar-refractivity contribution in [2.24, 2.45) is 0 Å². The maximum atomic E-state index is 9.62. The Bertz CT molecular complexity index is 308. The summed E-state index contributed by atoms with van der Waals surface area (Å²) in [4.78, 5) is 0. The minimum absolute atomic E-state index is 0.178. The van der Waals surface area contributed by atoms with E-state index in [9.17, 15) is 5.11 Å². The van der Waals surface area contributed by atoms with Crippen LogP contribution in [0.5, 0.6) is 0 Å². The van der Waals surface area contributed by atoms with Gasteiger partial charge in [-0.2, -0.15) is 0 Å². The second kappa shape index (κ2) is 6.67. The molecule has 1 aliphatic heterocycles. The SMILES string of the molecule is COCOC1=C[I-]C=C(Br)C=C1C(C)O. The molecule has 1 heterocycles. The van der Waals surface area contributed by atoms with Crippen LogP contribution in [0.25, 0.3) is 0 Å². The van der Waals surface area contributed by atoms with E-state index in [-0.39, 0.29) is 28.0 Å². The molecule has 0 spiro atoms. The number of aliphatic hydroxyl groups is 1.